The van der Waals surface area contributed by atoms with Gasteiger partial charge in [-0.2, -0.15) is 0 Å². The summed E-state index contributed by atoms with van der Waals surface area (Å²) in [5.74, 6) is 0. The third-order valence-electron chi connectivity index (χ3n) is 2.92. The minimum absolute atomic E-state index is 0.544. The summed E-state index contributed by atoms with van der Waals surface area (Å²) in [7, 11) is 0. The van der Waals surface area contributed by atoms with Crippen LogP contribution >= 0.6 is 0 Å². The Bertz CT molecular complexity index is 154. The molecule has 64 valence electrons. The number of alkyl halides is 1. The van der Waals surface area contributed by atoms with Crippen molar-refractivity contribution in [1.82, 2.24) is 4.90 Å². The molecule has 1 saturated carbocycles. The molecule has 1 aliphatic heterocycles. The van der Waals surface area contributed by atoms with Gasteiger partial charge in [0.25, 0.3) is 0 Å². The Morgan fingerprint density at radius 1 is 1.55 bits per heavy atom. The molecule has 0 bridgehead atoms. The number of halogens is 1. The second-order valence-electron chi connectivity index (χ2n) is 4.43. The number of likely N-dealkylation sites (tertiary alicyclic amines) is 1. The van der Waals surface area contributed by atoms with Gasteiger partial charge in [0.1, 0.15) is 6.17 Å². The van der Waals surface area contributed by atoms with Crippen molar-refractivity contribution in [2.24, 2.45) is 5.41 Å². The zero-order chi connectivity index (χ0) is 7.90. The van der Waals surface area contributed by atoms with Crippen LogP contribution < -0.4 is 0 Å². The average molecular weight is 157 g/mol. The lowest BCUT2D eigenvalue weighted by atomic mass is 10.1. The van der Waals surface area contributed by atoms with E-state index in [4.69, 9.17) is 0 Å². The molecule has 0 aromatic heterocycles. The highest BCUT2D eigenvalue weighted by Crippen LogP contribution is 2.45. The molecule has 1 aliphatic carbocycles. The van der Waals surface area contributed by atoms with Gasteiger partial charge in [-0.05, 0) is 24.7 Å². The third kappa shape index (κ3) is 1.73. The quantitative estimate of drug-likeness (QED) is 0.591. The molecule has 2 fully saturated rings. The largest absolute Gasteiger partial charge is 0.300 e. The SMILES string of the molecule is CC1(CN2CC[C@@H](F)C2)CC1. The molecule has 1 saturated heterocycles. The molecule has 0 N–H and O–H groups in total. The molecule has 2 heteroatoms. The van der Waals surface area contributed by atoms with E-state index in [1.54, 1.807) is 0 Å². The van der Waals surface area contributed by atoms with Gasteiger partial charge >= 0.3 is 0 Å². The molecule has 1 heterocycles. The van der Waals surface area contributed by atoms with Crippen LogP contribution in [-0.4, -0.2) is 30.7 Å². The van der Waals surface area contributed by atoms with Crippen molar-refractivity contribution in [3.05, 3.63) is 0 Å². The molecule has 0 radical (unpaired) electrons. The van der Waals surface area contributed by atoms with Crippen LogP contribution in [0.25, 0.3) is 0 Å². The Morgan fingerprint density at radius 2 is 2.27 bits per heavy atom. The molecule has 1 nitrogen and oxygen atoms in total. The van der Waals surface area contributed by atoms with E-state index >= 15 is 0 Å². The zero-order valence-corrected chi connectivity index (χ0v) is 7.15. The van der Waals surface area contributed by atoms with Crippen molar-refractivity contribution >= 4 is 0 Å². The maximum absolute atomic E-state index is 12.7. The fraction of sp³-hybridized carbons (Fsp3) is 1.00. The van der Waals surface area contributed by atoms with Crippen LogP contribution in [0.5, 0.6) is 0 Å². The van der Waals surface area contributed by atoms with E-state index in [0.29, 0.717) is 12.0 Å². The van der Waals surface area contributed by atoms with Crippen LogP contribution in [-0.2, 0) is 0 Å². The van der Waals surface area contributed by atoms with Gasteiger partial charge in [0.2, 0.25) is 0 Å². The van der Waals surface area contributed by atoms with Gasteiger partial charge in [0.15, 0.2) is 0 Å². The minimum Gasteiger partial charge on any atom is -0.300 e. The van der Waals surface area contributed by atoms with Gasteiger partial charge in [0, 0.05) is 19.6 Å². The van der Waals surface area contributed by atoms with Crippen molar-refractivity contribution < 1.29 is 4.39 Å². The van der Waals surface area contributed by atoms with Crippen LogP contribution in [0, 0.1) is 5.41 Å². The summed E-state index contributed by atoms with van der Waals surface area (Å²) in [6, 6.07) is 0. The maximum atomic E-state index is 12.7. The monoisotopic (exact) mass is 157 g/mol. The standard InChI is InChI=1S/C9H16FN/c1-9(3-4-9)7-11-5-2-8(10)6-11/h8H,2-7H2,1H3/t8-/m1/s1. The van der Waals surface area contributed by atoms with Gasteiger partial charge in [-0.3, -0.25) is 4.90 Å². The van der Waals surface area contributed by atoms with E-state index in [1.807, 2.05) is 0 Å². The fourth-order valence-electron chi connectivity index (χ4n) is 1.84. The highest BCUT2D eigenvalue weighted by molar-refractivity contribution is 4.92. The Labute approximate surface area is 67.6 Å². The summed E-state index contributed by atoms with van der Waals surface area (Å²) in [4.78, 5) is 2.28. The lowest BCUT2D eigenvalue weighted by Gasteiger charge is -2.18. The first kappa shape index (κ1) is 7.53. The van der Waals surface area contributed by atoms with Crippen LogP contribution in [0.15, 0.2) is 0 Å². The van der Waals surface area contributed by atoms with Crippen molar-refractivity contribution in [3.63, 3.8) is 0 Å². The summed E-state index contributed by atoms with van der Waals surface area (Å²) in [6.45, 7) is 5.11. The fourth-order valence-corrected chi connectivity index (χ4v) is 1.84. The second kappa shape index (κ2) is 2.44. The van der Waals surface area contributed by atoms with E-state index in [-0.39, 0.29) is 0 Å². The molecule has 0 spiro atoms. The normalized spacial score (nSPS) is 36.0. The number of hydrogen-bond donors (Lipinski definition) is 0. The lowest BCUT2D eigenvalue weighted by molar-refractivity contribution is 0.249. The van der Waals surface area contributed by atoms with Gasteiger partial charge in [-0.1, -0.05) is 6.92 Å². The second-order valence-corrected chi connectivity index (χ2v) is 4.43. The van der Waals surface area contributed by atoms with Gasteiger partial charge in [-0.15, -0.1) is 0 Å². The molecule has 2 rings (SSSR count). The first-order chi connectivity index (χ1) is 5.18. The number of rotatable bonds is 2. The Morgan fingerprint density at radius 3 is 2.73 bits per heavy atom. The minimum atomic E-state index is -0.544. The predicted octanol–water partition coefficient (Wildman–Crippen LogP) is 1.83. The average Bonchev–Trinajstić information content (AvgIpc) is 2.49. The third-order valence-corrected chi connectivity index (χ3v) is 2.92. The van der Waals surface area contributed by atoms with E-state index in [9.17, 15) is 4.39 Å². The Kier molecular flexibility index (Phi) is 1.67. The smallest absolute Gasteiger partial charge is 0.114 e. The van der Waals surface area contributed by atoms with Crippen LogP contribution in [0.3, 0.4) is 0 Å². The summed E-state index contributed by atoms with van der Waals surface area (Å²) >= 11 is 0. The summed E-state index contributed by atoms with van der Waals surface area (Å²) in [5.41, 5.74) is 0.560. The summed E-state index contributed by atoms with van der Waals surface area (Å²) < 4.78 is 12.7. The van der Waals surface area contributed by atoms with Crippen molar-refractivity contribution in [3.8, 4) is 0 Å². The van der Waals surface area contributed by atoms with Crippen LogP contribution in [0.4, 0.5) is 4.39 Å². The molecule has 1 atom stereocenters. The molecule has 0 aromatic carbocycles. The predicted molar refractivity (Wildman–Crippen MR) is 43.3 cm³/mol. The first-order valence-corrected chi connectivity index (χ1v) is 4.54. The molecular formula is C9H16FN. The van der Waals surface area contributed by atoms with E-state index in [0.717, 1.165) is 19.5 Å². The summed E-state index contributed by atoms with van der Waals surface area (Å²) in [5, 5.41) is 0. The number of hydrogen-bond acceptors (Lipinski definition) is 1. The van der Waals surface area contributed by atoms with Crippen molar-refractivity contribution in [2.45, 2.75) is 32.4 Å². The maximum Gasteiger partial charge on any atom is 0.114 e. The molecule has 0 amide bonds. The zero-order valence-electron chi connectivity index (χ0n) is 7.15. The van der Waals surface area contributed by atoms with Gasteiger partial charge < -0.3 is 0 Å². The molecule has 0 aromatic rings. The van der Waals surface area contributed by atoms with Gasteiger partial charge in [-0.25, -0.2) is 4.39 Å². The molecular weight excluding hydrogens is 141 g/mol. The molecule has 2 aliphatic rings. The molecule has 11 heavy (non-hydrogen) atoms. The van der Waals surface area contributed by atoms with Crippen molar-refractivity contribution in [2.75, 3.05) is 19.6 Å². The summed E-state index contributed by atoms with van der Waals surface area (Å²) in [6.07, 6.45) is 2.91. The van der Waals surface area contributed by atoms with E-state index in [2.05, 4.69) is 11.8 Å². The number of nitrogens with zero attached hydrogens (tertiary/aromatic N) is 1. The van der Waals surface area contributed by atoms with E-state index < -0.39 is 6.17 Å². The lowest BCUT2D eigenvalue weighted by Crippen LogP contribution is -2.27. The van der Waals surface area contributed by atoms with Gasteiger partial charge in [0.05, 0.1) is 0 Å². The van der Waals surface area contributed by atoms with Crippen LogP contribution in [0.1, 0.15) is 26.2 Å². The first-order valence-electron chi connectivity index (χ1n) is 4.54. The topological polar surface area (TPSA) is 3.24 Å². The Balaban J connectivity index is 1.79. The van der Waals surface area contributed by atoms with E-state index in [1.165, 1.54) is 12.8 Å². The van der Waals surface area contributed by atoms with Crippen LogP contribution in [0.2, 0.25) is 0 Å². The molecule has 0 unspecified atom stereocenters. The van der Waals surface area contributed by atoms with Crippen molar-refractivity contribution in [1.29, 1.82) is 0 Å². The Hall–Kier alpha value is -0.110. The highest BCUT2D eigenvalue weighted by Gasteiger charge is 2.40. The highest BCUT2D eigenvalue weighted by atomic mass is 19.1.